The maximum Gasteiger partial charge on any atom is 0.129 e. The standard InChI is InChI=1S/C9H9BrClNO/c10-7-5-12-8(11)3-6(7)4-9(13)1-2-9/h3,5,13H,1-2,4H2. The van der Waals surface area contributed by atoms with Gasteiger partial charge in [-0.3, -0.25) is 0 Å². The number of rotatable bonds is 2. The highest BCUT2D eigenvalue weighted by molar-refractivity contribution is 9.10. The van der Waals surface area contributed by atoms with Crippen LogP contribution in [0.3, 0.4) is 0 Å². The van der Waals surface area contributed by atoms with Crippen LogP contribution in [-0.2, 0) is 6.42 Å². The molecule has 1 fully saturated rings. The molecule has 1 N–H and O–H groups in total. The van der Waals surface area contributed by atoms with E-state index in [0.717, 1.165) is 22.9 Å². The van der Waals surface area contributed by atoms with E-state index in [0.29, 0.717) is 11.6 Å². The molecule has 0 saturated heterocycles. The fourth-order valence-corrected chi connectivity index (χ4v) is 1.80. The number of aliphatic hydroxyl groups is 1. The van der Waals surface area contributed by atoms with Crippen LogP contribution in [0.4, 0.5) is 0 Å². The summed E-state index contributed by atoms with van der Waals surface area (Å²) in [5.41, 5.74) is 0.549. The van der Waals surface area contributed by atoms with Gasteiger partial charge in [0.15, 0.2) is 0 Å². The zero-order valence-electron chi connectivity index (χ0n) is 6.93. The molecule has 2 nitrogen and oxygen atoms in total. The van der Waals surface area contributed by atoms with E-state index in [1.165, 1.54) is 0 Å². The molecule has 0 aliphatic heterocycles. The largest absolute Gasteiger partial charge is 0.390 e. The zero-order valence-corrected chi connectivity index (χ0v) is 9.27. The molecule has 1 aromatic heterocycles. The average Bonchev–Trinajstić information content (AvgIpc) is 2.76. The summed E-state index contributed by atoms with van der Waals surface area (Å²) in [7, 11) is 0. The second-order valence-corrected chi connectivity index (χ2v) is 4.74. The van der Waals surface area contributed by atoms with Gasteiger partial charge in [0.25, 0.3) is 0 Å². The molecule has 1 aliphatic rings. The third-order valence-electron chi connectivity index (χ3n) is 2.25. The first kappa shape index (κ1) is 9.44. The minimum absolute atomic E-state index is 0.474. The molecule has 0 bridgehead atoms. The van der Waals surface area contributed by atoms with Crippen molar-refractivity contribution < 1.29 is 5.11 Å². The van der Waals surface area contributed by atoms with Crippen molar-refractivity contribution in [2.45, 2.75) is 24.9 Å². The average molecular weight is 263 g/mol. The van der Waals surface area contributed by atoms with E-state index >= 15 is 0 Å². The lowest BCUT2D eigenvalue weighted by molar-refractivity contribution is 0.151. The summed E-state index contributed by atoms with van der Waals surface area (Å²) in [5, 5.41) is 10.2. The van der Waals surface area contributed by atoms with Crippen LogP contribution in [-0.4, -0.2) is 15.7 Å². The van der Waals surface area contributed by atoms with E-state index in [2.05, 4.69) is 20.9 Å². The lowest BCUT2D eigenvalue weighted by Crippen LogP contribution is -2.11. The highest BCUT2D eigenvalue weighted by atomic mass is 79.9. The summed E-state index contributed by atoms with van der Waals surface area (Å²) in [6.45, 7) is 0. The molecular formula is C9H9BrClNO. The number of hydrogen-bond acceptors (Lipinski definition) is 2. The minimum Gasteiger partial charge on any atom is -0.390 e. The Morgan fingerprint density at radius 2 is 2.31 bits per heavy atom. The van der Waals surface area contributed by atoms with Gasteiger partial charge in [-0.05, 0) is 40.4 Å². The van der Waals surface area contributed by atoms with Crippen molar-refractivity contribution in [3.8, 4) is 0 Å². The van der Waals surface area contributed by atoms with Gasteiger partial charge in [-0.2, -0.15) is 0 Å². The maximum absolute atomic E-state index is 9.71. The number of halogens is 2. The molecule has 13 heavy (non-hydrogen) atoms. The topological polar surface area (TPSA) is 33.1 Å². The van der Waals surface area contributed by atoms with Crippen molar-refractivity contribution in [2.24, 2.45) is 0 Å². The highest BCUT2D eigenvalue weighted by Crippen LogP contribution is 2.39. The van der Waals surface area contributed by atoms with E-state index in [9.17, 15) is 5.11 Å². The molecule has 0 aromatic carbocycles. The summed E-state index contributed by atoms with van der Waals surface area (Å²) in [6.07, 6.45) is 4.11. The van der Waals surface area contributed by atoms with E-state index < -0.39 is 5.60 Å². The molecular weight excluding hydrogens is 253 g/mol. The third-order valence-corrected chi connectivity index (χ3v) is 3.17. The van der Waals surface area contributed by atoms with Crippen LogP contribution < -0.4 is 0 Å². The Hall–Kier alpha value is -0.120. The molecule has 0 amide bonds. The van der Waals surface area contributed by atoms with Gasteiger partial charge < -0.3 is 5.11 Å². The Morgan fingerprint density at radius 1 is 1.62 bits per heavy atom. The van der Waals surface area contributed by atoms with Crippen molar-refractivity contribution in [1.82, 2.24) is 4.98 Å². The van der Waals surface area contributed by atoms with Gasteiger partial charge in [0, 0.05) is 17.1 Å². The predicted octanol–water partition coefficient (Wildman–Crippen LogP) is 2.56. The number of hydrogen-bond donors (Lipinski definition) is 1. The van der Waals surface area contributed by atoms with E-state index in [1.54, 1.807) is 12.3 Å². The van der Waals surface area contributed by atoms with E-state index in [4.69, 9.17) is 11.6 Å². The molecule has 1 aromatic rings. The van der Waals surface area contributed by atoms with Crippen LogP contribution in [0, 0.1) is 0 Å². The Labute approximate surface area is 90.1 Å². The van der Waals surface area contributed by atoms with Gasteiger partial charge in [0.05, 0.1) is 5.60 Å². The normalized spacial score (nSPS) is 18.7. The summed E-state index contributed by atoms with van der Waals surface area (Å²) in [6, 6.07) is 1.79. The lowest BCUT2D eigenvalue weighted by Gasteiger charge is -2.08. The number of nitrogens with zero attached hydrogens (tertiary/aromatic N) is 1. The monoisotopic (exact) mass is 261 g/mol. The van der Waals surface area contributed by atoms with Crippen LogP contribution in [0.2, 0.25) is 5.15 Å². The Balaban J connectivity index is 2.23. The summed E-state index contributed by atoms with van der Waals surface area (Å²) in [4.78, 5) is 3.93. The molecule has 0 radical (unpaired) electrons. The molecule has 0 unspecified atom stereocenters. The molecule has 4 heteroatoms. The molecule has 1 saturated carbocycles. The fraction of sp³-hybridized carbons (Fsp3) is 0.444. The first-order chi connectivity index (χ1) is 6.09. The molecule has 2 rings (SSSR count). The maximum atomic E-state index is 9.71. The quantitative estimate of drug-likeness (QED) is 0.831. The van der Waals surface area contributed by atoms with Crippen molar-refractivity contribution in [3.63, 3.8) is 0 Å². The highest BCUT2D eigenvalue weighted by Gasteiger charge is 2.40. The second kappa shape index (κ2) is 3.23. The Kier molecular flexibility index (Phi) is 2.34. The van der Waals surface area contributed by atoms with Crippen LogP contribution in [0.1, 0.15) is 18.4 Å². The van der Waals surface area contributed by atoms with Gasteiger partial charge in [-0.1, -0.05) is 11.6 Å². The Morgan fingerprint density at radius 3 is 2.92 bits per heavy atom. The SMILES string of the molecule is OC1(Cc2cc(Cl)ncc2Br)CC1. The lowest BCUT2D eigenvalue weighted by atomic mass is 10.1. The van der Waals surface area contributed by atoms with E-state index in [-0.39, 0.29) is 0 Å². The predicted molar refractivity (Wildman–Crippen MR) is 54.8 cm³/mol. The summed E-state index contributed by atoms with van der Waals surface area (Å²) < 4.78 is 0.914. The first-order valence-corrected chi connectivity index (χ1v) is 5.28. The first-order valence-electron chi connectivity index (χ1n) is 4.11. The van der Waals surface area contributed by atoms with Crippen molar-refractivity contribution in [1.29, 1.82) is 0 Å². The molecule has 70 valence electrons. The van der Waals surface area contributed by atoms with Crippen LogP contribution in [0.15, 0.2) is 16.7 Å². The summed E-state index contributed by atoms with van der Waals surface area (Å²) >= 11 is 9.13. The smallest absolute Gasteiger partial charge is 0.129 e. The van der Waals surface area contributed by atoms with Crippen LogP contribution in [0.5, 0.6) is 0 Å². The summed E-state index contributed by atoms with van der Waals surface area (Å²) in [5.74, 6) is 0. The molecule has 0 spiro atoms. The van der Waals surface area contributed by atoms with Gasteiger partial charge in [-0.15, -0.1) is 0 Å². The molecule has 1 heterocycles. The molecule has 1 aliphatic carbocycles. The Bertz CT molecular complexity index is 338. The van der Waals surface area contributed by atoms with Gasteiger partial charge in [0.2, 0.25) is 0 Å². The van der Waals surface area contributed by atoms with Crippen molar-refractivity contribution in [3.05, 3.63) is 27.5 Å². The third kappa shape index (κ3) is 2.22. The fourth-order valence-electron chi connectivity index (χ4n) is 1.26. The van der Waals surface area contributed by atoms with Gasteiger partial charge in [0.1, 0.15) is 5.15 Å². The number of aromatic nitrogens is 1. The van der Waals surface area contributed by atoms with Gasteiger partial charge in [-0.25, -0.2) is 4.98 Å². The zero-order chi connectivity index (χ0) is 9.47. The number of pyridine rings is 1. The van der Waals surface area contributed by atoms with Crippen molar-refractivity contribution in [2.75, 3.05) is 0 Å². The van der Waals surface area contributed by atoms with Crippen LogP contribution in [0.25, 0.3) is 0 Å². The van der Waals surface area contributed by atoms with Crippen LogP contribution >= 0.6 is 27.5 Å². The van der Waals surface area contributed by atoms with Gasteiger partial charge >= 0.3 is 0 Å². The minimum atomic E-state index is -0.479. The van der Waals surface area contributed by atoms with E-state index in [1.807, 2.05) is 0 Å². The second-order valence-electron chi connectivity index (χ2n) is 3.50. The van der Waals surface area contributed by atoms with Crippen molar-refractivity contribution >= 4 is 27.5 Å². The molecule has 0 atom stereocenters.